The van der Waals surface area contributed by atoms with E-state index in [1.807, 2.05) is 18.2 Å². The predicted octanol–water partition coefficient (Wildman–Crippen LogP) is 0.820. The summed E-state index contributed by atoms with van der Waals surface area (Å²) in [5.74, 6) is -0.343. The minimum atomic E-state index is -0.343. The van der Waals surface area contributed by atoms with Gasteiger partial charge in [0.1, 0.15) is 0 Å². The number of primary amides is 1. The van der Waals surface area contributed by atoms with Gasteiger partial charge >= 0.3 is 0 Å². The van der Waals surface area contributed by atoms with Crippen LogP contribution >= 0.6 is 0 Å². The zero-order valence-electron chi connectivity index (χ0n) is 7.29. The van der Waals surface area contributed by atoms with E-state index in [4.69, 9.17) is 5.73 Å². The number of nitrogens with two attached hydrogens (primary N) is 1. The number of carbonyl (C=O) groups excluding carboxylic acids is 1. The molecule has 1 heterocycles. The van der Waals surface area contributed by atoms with Crippen LogP contribution in [-0.2, 0) is 0 Å². The number of carbonyl (C=O) groups is 1. The zero-order valence-corrected chi connectivity index (χ0v) is 7.29. The van der Waals surface area contributed by atoms with E-state index in [2.05, 4.69) is 5.32 Å². The molecule has 0 spiro atoms. The number of rotatable bonds is 2. The summed E-state index contributed by atoms with van der Waals surface area (Å²) in [4.78, 5) is 11.1. The van der Waals surface area contributed by atoms with Crippen molar-refractivity contribution in [2.45, 2.75) is 12.5 Å². The van der Waals surface area contributed by atoms with Crippen LogP contribution in [0.3, 0.4) is 0 Å². The molecular formula is C10H12N2O. The molecule has 1 aromatic carbocycles. The summed E-state index contributed by atoms with van der Waals surface area (Å²) in [5.41, 5.74) is 6.93. The van der Waals surface area contributed by atoms with E-state index in [1.165, 1.54) is 0 Å². The lowest BCUT2D eigenvalue weighted by Gasteiger charge is -2.29. The highest BCUT2D eigenvalue weighted by Gasteiger charge is 2.22. The molecule has 0 aliphatic carbocycles. The Hall–Kier alpha value is -1.35. The Morgan fingerprint density at radius 3 is 2.69 bits per heavy atom. The van der Waals surface area contributed by atoms with Crippen LogP contribution in [0.25, 0.3) is 0 Å². The van der Waals surface area contributed by atoms with Crippen molar-refractivity contribution in [3.63, 3.8) is 0 Å². The minimum absolute atomic E-state index is 0.323. The van der Waals surface area contributed by atoms with Crippen molar-refractivity contribution in [3.8, 4) is 0 Å². The molecule has 1 saturated heterocycles. The van der Waals surface area contributed by atoms with Gasteiger partial charge in [0.05, 0.1) is 0 Å². The Balaban J connectivity index is 2.36. The van der Waals surface area contributed by atoms with E-state index in [9.17, 15) is 4.79 Å². The van der Waals surface area contributed by atoms with Crippen LogP contribution in [0.5, 0.6) is 0 Å². The molecule has 1 fully saturated rings. The molecular weight excluding hydrogens is 164 g/mol. The van der Waals surface area contributed by atoms with Gasteiger partial charge in [-0.3, -0.25) is 4.79 Å². The monoisotopic (exact) mass is 176 g/mol. The summed E-state index contributed by atoms with van der Waals surface area (Å²) in [5, 5.41) is 3.25. The average Bonchev–Trinajstić information content (AvgIpc) is 2.02. The summed E-state index contributed by atoms with van der Waals surface area (Å²) in [6.45, 7) is 1.03. The van der Waals surface area contributed by atoms with Crippen LogP contribution in [0.1, 0.15) is 28.4 Å². The molecule has 3 heteroatoms. The van der Waals surface area contributed by atoms with Gasteiger partial charge in [-0.15, -0.1) is 0 Å². The second kappa shape index (κ2) is 3.18. The van der Waals surface area contributed by atoms with Gasteiger partial charge in [0, 0.05) is 11.6 Å². The summed E-state index contributed by atoms with van der Waals surface area (Å²) in [7, 11) is 0. The summed E-state index contributed by atoms with van der Waals surface area (Å²) in [6, 6.07) is 7.82. The minimum Gasteiger partial charge on any atom is -0.366 e. The lowest BCUT2D eigenvalue weighted by atomic mass is 9.93. The first-order chi connectivity index (χ1) is 6.29. The lowest BCUT2D eigenvalue weighted by molar-refractivity contribution is 0.0998. The Kier molecular flexibility index (Phi) is 2.02. The lowest BCUT2D eigenvalue weighted by Crippen LogP contribution is -2.36. The molecule has 0 aromatic heterocycles. The number of amides is 1. The first-order valence-electron chi connectivity index (χ1n) is 4.41. The van der Waals surface area contributed by atoms with Crippen molar-refractivity contribution < 1.29 is 4.79 Å². The molecule has 0 bridgehead atoms. The van der Waals surface area contributed by atoms with E-state index in [0.29, 0.717) is 11.6 Å². The Morgan fingerprint density at radius 2 is 2.15 bits per heavy atom. The van der Waals surface area contributed by atoms with Crippen molar-refractivity contribution in [3.05, 3.63) is 35.4 Å². The van der Waals surface area contributed by atoms with Gasteiger partial charge in [-0.05, 0) is 24.6 Å². The maximum atomic E-state index is 11.1. The van der Waals surface area contributed by atoms with E-state index >= 15 is 0 Å². The molecule has 1 aliphatic heterocycles. The molecule has 0 unspecified atom stereocenters. The third-order valence-electron chi connectivity index (χ3n) is 2.43. The van der Waals surface area contributed by atoms with Gasteiger partial charge < -0.3 is 11.1 Å². The molecule has 2 rings (SSSR count). The third-order valence-corrected chi connectivity index (χ3v) is 2.43. The first-order valence-corrected chi connectivity index (χ1v) is 4.41. The SMILES string of the molecule is NC(=O)c1ccccc1[C@@H]1CCN1. The number of hydrogen-bond donors (Lipinski definition) is 2. The van der Waals surface area contributed by atoms with Crippen LogP contribution in [0.4, 0.5) is 0 Å². The fraction of sp³-hybridized carbons (Fsp3) is 0.300. The van der Waals surface area contributed by atoms with Crippen molar-refractivity contribution in [2.24, 2.45) is 5.73 Å². The second-order valence-electron chi connectivity index (χ2n) is 3.25. The molecule has 13 heavy (non-hydrogen) atoms. The quantitative estimate of drug-likeness (QED) is 0.701. The predicted molar refractivity (Wildman–Crippen MR) is 50.3 cm³/mol. The molecule has 0 radical (unpaired) electrons. The Morgan fingerprint density at radius 1 is 1.46 bits per heavy atom. The van der Waals surface area contributed by atoms with Gasteiger partial charge in [-0.1, -0.05) is 18.2 Å². The normalized spacial score (nSPS) is 20.8. The van der Waals surface area contributed by atoms with Crippen LogP contribution in [-0.4, -0.2) is 12.5 Å². The highest BCUT2D eigenvalue weighted by Crippen LogP contribution is 2.25. The number of benzene rings is 1. The van der Waals surface area contributed by atoms with Crippen molar-refractivity contribution in [1.29, 1.82) is 0 Å². The van der Waals surface area contributed by atoms with Crippen LogP contribution in [0.15, 0.2) is 24.3 Å². The average molecular weight is 176 g/mol. The standard InChI is InChI=1S/C10H12N2O/c11-10(13)8-4-2-1-3-7(8)9-5-6-12-9/h1-4,9,12H,5-6H2,(H2,11,13)/t9-/m0/s1. The molecule has 3 N–H and O–H groups in total. The third kappa shape index (κ3) is 1.42. The molecule has 1 amide bonds. The summed E-state index contributed by atoms with van der Waals surface area (Å²) < 4.78 is 0. The highest BCUT2D eigenvalue weighted by molar-refractivity contribution is 5.94. The van der Waals surface area contributed by atoms with E-state index in [0.717, 1.165) is 18.5 Å². The second-order valence-corrected chi connectivity index (χ2v) is 3.25. The maximum absolute atomic E-state index is 11.1. The van der Waals surface area contributed by atoms with Gasteiger partial charge in [-0.25, -0.2) is 0 Å². The van der Waals surface area contributed by atoms with Crippen molar-refractivity contribution >= 4 is 5.91 Å². The summed E-state index contributed by atoms with van der Waals surface area (Å²) in [6.07, 6.45) is 1.09. The topological polar surface area (TPSA) is 55.1 Å². The number of hydrogen-bond acceptors (Lipinski definition) is 2. The highest BCUT2D eigenvalue weighted by atomic mass is 16.1. The van der Waals surface area contributed by atoms with Crippen molar-refractivity contribution in [2.75, 3.05) is 6.54 Å². The smallest absolute Gasteiger partial charge is 0.249 e. The van der Waals surface area contributed by atoms with Gasteiger partial charge in [0.2, 0.25) is 5.91 Å². The molecule has 3 nitrogen and oxygen atoms in total. The fourth-order valence-corrected chi connectivity index (χ4v) is 1.58. The van der Waals surface area contributed by atoms with Crippen molar-refractivity contribution in [1.82, 2.24) is 5.32 Å². The summed E-state index contributed by atoms with van der Waals surface area (Å²) >= 11 is 0. The largest absolute Gasteiger partial charge is 0.366 e. The van der Waals surface area contributed by atoms with Gasteiger partial charge in [0.15, 0.2) is 0 Å². The van der Waals surface area contributed by atoms with Crippen LogP contribution in [0.2, 0.25) is 0 Å². The van der Waals surface area contributed by atoms with Crippen LogP contribution in [0, 0.1) is 0 Å². The van der Waals surface area contributed by atoms with Gasteiger partial charge in [-0.2, -0.15) is 0 Å². The molecule has 68 valence electrons. The molecule has 1 atom stereocenters. The zero-order chi connectivity index (χ0) is 9.26. The van der Waals surface area contributed by atoms with Crippen LogP contribution < -0.4 is 11.1 Å². The Bertz CT molecular complexity index is 331. The molecule has 1 aliphatic rings. The molecule has 1 aromatic rings. The first kappa shape index (κ1) is 8.26. The van der Waals surface area contributed by atoms with E-state index in [-0.39, 0.29) is 5.91 Å². The van der Waals surface area contributed by atoms with E-state index < -0.39 is 0 Å². The Labute approximate surface area is 76.9 Å². The maximum Gasteiger partial charge on any atom is 0.249 e. The van der Waals surface area contributed by atoms with E-state index in [1.54, 1.807) is 6.07 Å². The fourth-order valence-electron chi connectivity index (χ4n) is 1.58. The number of nitrogens with one attached hydrogen (secondary N) is 1. The van der Waals surface area contributed by atoms with Gasteiger partial charge in [0.25, 0.3) is 0 Å². The molecule has 0 saturated carbocycles.